The van der Waals surface area contributed by atoms with E-state index in [9.17, 15) is 4.79 Å². The van der Waals surface area contributed by atoms with Gasteiger partial charge in [-0.15, -0.1) is 0 Å². The number of nitrogens with one attached hydrogen (secondary N) is 1. The summed E-state index contributed by atoms with van der Waals surface area (Å²) in [5, 5.41) is 3.26. The molecule has 0 unspecified atom stereocenters. The van der Waals surface area contributed by atoms with Gasteiger partial charge in [0.15, 0.2) is 0 Å². The molecule has 0 aromatic carbocycles. The van der Waals surface area contributed by atoms with Crippen molar-refractivity contribution in [1.29, 1.82) is 0 Å². The van der Waals surface area contributed by atoms with Crippen LogP contribution in [0.2, 0.25) is 0 Å². The van der Waals surface area contributed by atoms with E-state index in [1.807, 2.05) is 17.9 Å². The molecule has 86 valence electrons. The van der Waals surface area contributed by atoms with E-state index in [1.165, 1.54) is 0 Å². The van der Waals surface area contributed by atoms with Gasteiger partial charge in [-0.05, 0) is 35.0 Å². The molecule has 0 radical (unpaired) electrons. The number of hydrogen-bond donors (Lipinski definition) is 1. The Morgan fingerprint density at radius 2 is 2.44 bits per heavy atom. The Balaban J connectivity index is 2.14. The average molecular weight is 284 g/mol. The van der Waals surface area contributed by atoms with E-state index in [4.69, 9.17) is 0 Å². The van der Waals surface area contributed by atoms with E-state index in [1.54, 1.807) is 12.3 Å². The zero-order valence-electron chi connectivity index (χ0n) is 9.11. The zero-order chi connectivity index (χ0) is 11.5. The first-order valence-corrected chi connectivity index (χ1v) is 6.11. The van der Waals surface area contributed by atoms with E-state index in [2.05, 4.69) is 26.2 Å². The molecule has 4 nitrogen and oxygen atoms in total. The first-order chi connectivity index (χ1) is 7.68. The third kappa shape index (κ3) is 2.41. The van der Waals surface area contributed by atoms with Crippen molar-refractivity contribution in [2.75, 3.05) is 19.6 Å². The molecule has 0 aliphatic carbocycles. The maximum absolute atomic E-state index is 12.1. The fourth-order valence-corrected chi connectivity index (χ4v) is 2.03. The van der Waals surface area contributed by atoms with E-state index < -0.39 is 0 Å². The minimum atomic E-state index is 0.0153. The molecule has 1 aromatic heterocycles. The summed E-state index contributed by atoms with van der Waals surface area (Å²) in [7, 11) is 0. The Labute approximate surface area is 103 Å². The first-order valence-electron chi connectivity index (χ1n) is 5.32. The van der Waals surface area contributed by atoms with Gasteiger partial charge in [-0.2, -0.15) is 0 Å². The van der Waals surface area contributed by atoms with Crippen molar-refractivity contribution in [3.8, 4) is 0 Å². The van der Waals surface area contributed by atoms with Crippen LogP contribution in [0.3, 0.4) is 0 Å². The van der Waals surface area contributed by atoms with Crippen LogP contribution in [0, 0.1) is 0 Å². The lowest BCUT2D eigenvalue weighted by Gasteiger charge is -2.33. The molecule has 1 atom stereocenters. The van der Waals surface area contributed by atoms with E-state index >= 15 is 0 Å². The number of pyridine rings is 1. The molecule has 1 N–H and O–H groups in total. The van der Waals surface area contributed by atoms with E-state index in [0.717, 1.165) is 24.1 Å². The average Bonchev–Trinajstić information content (AvgIpc) is 2.30. The lowest BCUT2D eigenvalue weighted by atomic mass is 10.2. The molecule has 0 spiro atoms. The van der Waals surface area contributed by atoms with Gasteiger partial charge >= 0.3 is 0 Å². The van der Waals surface area contributed by atoms with Gasteiger partial charge < -0.3 is 10.2 Å². The highest BCUT2D eigenvalue weighted by Gasteiger charge is 2.24. The van der Waals surface area contributed by atoms with Crippen molar-refractivity contribution in [3.63, 3.8) is 0 Å². The third-order valence-electron chi connectivity index (χ3n) is 2.71. The number of amides is 1. The quantitative estimate of drug-likeness (QED) is 0.845. The van der Waals surface area contributed by atoms with Gasteiger partial charge in [-0.3, -0.25) is 4.79 Å². The molecule has 16 heavy (non-hydrogen) atoms. The number of rotatable bonds is 1. The van der Waals surface area contributed by atoms with Crippen LogP contribution in [0.15, 0.2) is 22.8 Å². The topological polar surface area (TPSA) is 45.2 Å². The molecule has 1 aliphatic heterocycles. The SMILES string of the molecule is C[C@@H]1CNCCN1C(=O)c1ccc(Br)cn1. The summed E-state index contributed by atoms with van der Waals surface area (Å²) in [4.78, 5) is 18.1. The summed E-state index contributed by atoms with van der Waals surface area (Å²) in [6, 6.07) is 3.82. The summed E-state index contributed by atoms with van der Waals surface area (Å²) in [5.41, 5.74) is 0.511. The third-order valence-corrected chi connectivity index (χ3v) is 3.18. The number of halogens is 1. The normalized spacial score (nSPS) is 20.9. The fraction of sp³-hybridized carbons (Fsp3) is 0.455. The number of aromatic nitrogens is 1. The number of nitrogens with zero attached hydrogens (tertiary/aromatic N) is 2. The highest BCUT2D eigenvalue weighted by Crippen LogP contribution is 2.11. The summed E-state index contributed by atoms with van der Waals surface area (Å²) in [6.07, 6.45) is 1.65. The van der Waals surface area contributed by atoms with Gasteiger partial charge in [0, 0.05) is 36.3 Å². The van der Waals surface area contributed by atoms with E-state index in [0.29, 0.717) is 5.69 Å². The molecular weight excluding hydrogens is 270 g/mol. The van der Waals surface area contributed by atoms with Crippen LogP contribution in [0.5, 0.6) is 0 Å². The van der Waals surface area contributed by atoms with Crippen LogP contribution in [0.25, 0.3) is 0 Å². The van der Waals surface area contributed by atoms with Crippen LogP contribution in [0.1, 0.15) is 17.4 Å². The van der Waals surface area contributed by atoms with Gasteiger partial charge in [0.1, 0.15) is 5.69 Å². The lowest BCUT2D eigenvalue weighted by Crippen LogP contribution is -2.52. The van der Waals surface area contributed by atoms with Crippen molar-refractivity contribution in [1.82, 2.24) is 15.2 Å². The zero-order valence-corrected chi connectivity index (χ0v) is 10.7. The second kappa shape index (κ2) is 4.93. The Kier molecular flexibility index (Phi) is 3.56. The maximum Gasteiger partial charge on any atom is 0.272 e. The second-order valence-corrected chi connectivity index (χ2v) is 4.83. The van der Waals surface area contributed by atoms with Crippen LogP contribution in [-0.2, 0) is 0 Å². The fourth-order valence-electron chi connectivity index (χ4n) is 1.79. The Bertz CT molecular complexity index is 379. The highest BCUT2D eigenvalue weighted by atomic mass is 79.9. The van der Waals surface area contributed by atoms with Gasteiger partial charge in [0.25, 0.3) is 5.91 Å². The molecule has 1 saturated heterocycles. The van der Waals surface area contributed by atoms with Crippen LogP contribution < -0.4 is 5.32 Å². The van der Waals surface area contributed by atoms with Crippen molar-refractivity contribution < 1.29 is 4.79 Å². The molecular formula is C11H14BrN3O. The summed E-state index contributed by atoms with van der Waals surface area (Å²) in [5.74, 6) is 0.0153. The largest absolute Gasteiger partial charge is 0.332 e. The Morgan fingerprint density at radius 3 is 3.06 bits per heavy atom. The molecule has 2 heterocycles. The minimum Gasteiger partial charge on any atom is -0.332 e. The summed E-state index contributed by atoms with van der Waals surface area (Å²) >= 11 is 3.31. The van der Waals surface area contributed by atoms with Crippen molar-refractivity contribution in [2.45, 2.75) is 13.0 Å². The summed E-state index contributed by atoms with van der Waals surface area (Å²) in [6.45, 7) is 4.50. The summed E-state index contributed by atoms with van der Waals surface area (Å²) < 4.78 is 0.886. The standard InChI is InChI=1S/C11H14BrN3O/c1-8-6-13-4-5-15(8)11(16)10-3-2-9(12)7-14-10/h2-3,7-8,13H,4-6H2,1H3/t8-/m1/s1. The molecule has 0 bridgehead atoms. The predicted octanol–water partition coefficient (Wildman–Crippen LogP) is 1.28. The molecule has 1 aromatic rings. The molecule has 2 rings (SSSR count). The van der Waals surface area contributed by atoms with Crippen LogP contribution >= 0.6 is 15.9 Å². The van der Waals surface area contributed by atoms with Crippen LogP contribution in [0.4, 0.5) is 0 Å². The van der Waals surface area contributed by atoms with Crippen molar-refractivity contribution in [2.24, 2.45) is 0 Å². The Morgan fingerprint density at radius 1 is 1.62 bits per heavy atom. The maximum atomic E-state index is 12.1. The molecule has 0 saturated carbocycles. The number of hydrogen-bond acceptors (Lipinski definition) is 3. The van der Waals surface area contributed by atoms with E-state index in [-0.39, 0.29) is 11.9 Å². The number of carbonyl (C=O) groups is 1. The highest BCUT2D eigenvalue weighted by molar-refractivity contribution is 9.10. The molecule has 1 amide bonds. The van der Waals surface area contributed by atoms with Gasteiger partial charge in [0.05, 0.1) is 0 Å². The van der Waals surface area contributed by atoms with Crippen molar-refractivity contribution >= 4 is 21.8 Å². The molecule has 5 heteroatoms. The molecule has 1 aliphatic rings. The second-order valence-electron chi connectivity index (χ2n) is 3.91. The minimum absolute atomic E-state index is 0.0153. The Hall–Kier alpha value is -0.940. The first kappa shape index (κ1) is 11.5. The van der Waals surface area contributed by atoms with Gasteiger partial charge in [-0.1, -0.05) is 0 Å². The van der Waals surface area contributed by atoms with Gasteiger partial charge in [-0.25, -0.2) is 4.98 Å². The lowest BCUT2D eigenvalue weighted by molar-refractivity contribution is 0.0649. The monoisotopic (exact) mass is 283 g/mol. The molecule has 1 fully saturated rings. The van der Waals surface area contributed by atoms with Crippen LogP contribution in [-0.4, -0.2) is 41.5 Å². The number of piperazine rings is 1. The van der Waals surface area contributed by atoms with Gasteiger partial charge in [0.2, 0.25) is 0 Å². The van der Waals surface area contributed by atoms with Crippen molar-refractivity contribution in [3.05, 3.63) is 28.5 Å². The smallest absolute Gasteiger partial charge is 0.272 e. The number of carbonyl (C=O) groups excluding carboxylic acids is 1. The predicted molar refractivity (Wildman–Crippen MR) is 65.3 cm³/mol.